The van der Waals surface area contributed by atoms with E-state index in [9.17, 15) is 4.39 Å². The van der Waals surface area contributed by atoms with Crippen LogP contribution in [0.4, 0.5) is 4.39 Å². The molecule has 30 heavy (non-hydrogen) atoms. The van der Waals surface area contributed by atoms with E-state index in [4.69, 9.17) is 27.9 Å². The van der Waals surface area contributed by atoms with E-state index in [0.717, 1.165) is 17.0 Å². The van der Waals surface area contributed by atoms with Gasteiger partial charge in [-0.05, 0) is 54.1 Å². The molecule has 4 rings (SSSR count). The smallest absolute Gasteiger partial charge is 0.196 e. The maximum atomic E-state index is 14.1. The number of nitrogens with zero attached hydrogens (tertiary/aromatic N) is 3. The first kappa shape index (κ1) is 20.7. The molecule has 0 aliphatic heterocycles. The van der Waals surface area contributed by atoms with Crippen molar-refractivity contribution in [1.82, 2.24) is 14.8 Å². The summed E-state index contributed by atoms with van der Waals surface area (Å²) < 4.78 is 21.2. The van der Waals surface area contributed by atoms with Crippen LogP contribution < -0.4 is 4.74 Å². The third-order valence-corrected chi connectivity index (χ3v) is 6.17. The van der Waals surface area contributed by atoms with Gasteiger partial charge in [0, 0.05) is 11.3 Å². The lowest BCUT2D eigenvalue weighted by atomic mass is 10.2. The van der Waals surface area contributed by atoms with Gasteiger partial charge < -0.3 is 4.74 Å². The van der Waals surface area contributed by atoms with Gasteiger partial charge in [-0.1, -0.05) is 53.2 Å². The van der Waals surface area contributed by atoms with E-state index >= 15 is 0 Å². The van der Waals surface area contributed by atoms with Gasteiger partial charge in [0.2, 0.25) is 0 Å². The molecule has 0 aliphatic carbocycles. The van der Waals surface area contributed by atoms with Gasteiger partial charge in [0.1, 0.15) is 11.6 Å². The molecule has 0 amide bonds. The minimum atomic E-state index is -0.249. The molecule has 3 aromatic carbocycles. The quantitative estimate of drug-likeness (QED) is 0.301. The fraction of sp³-hybridized carbons (Fsp3) is 0.0909. The van der Waals surface area contributed by atoms with Crippen molar-refractivity contribution in [3.63, 3.8) is 0 Å². The van der Waals surface area contributed by atoms with Gasteiger partial charge in [-0.3, -0.25) is 4.57 Å². The number of benzene rings is 3. The number of rotatable bonds is 6. The lowest BCUT2D eigenvalue weighted by molar-refractivity contribution is 0.415. The molecular formula is C22H16Cl2FN3OS. The number of halogens is 3. The summed E-state index contributed by atoms with van der Waals surface area (Å²) in [6.45, 7) is 0. The molecule has 1 aromatic heterocycles. The highest BCUT2D eigenvalue weighted by molar-refractivity contribution is 7.98. The third-order valence-electron chi connectivity index (χ3n) is 4.46. The average molecular weight is 460 g/mol. The molecule has 4 aromatic rings. The van der Waals surface area contributed by atoms with Gasteiger partial charge in [0.25, 0.3) is 0 Å². The molecule has 0 aliphatic rings. The Hall–Kier alpha value is -2.54. The minimum absolute atomic E-state index is 0.249. The van der Waals surface area contributed by atoms with Crippen LogP contribution >= 0.6 is 35.0 Å². The van der Waals surface area contributed by atoms with Crippen molar-refractivity contribution in [2.75, 3.05) is 7.11 Å². The molecule has 0 saturated carbocycles. The van der Waals surface area contributed by atoms with Crippen molar-refractivity contribution >= 4 is 35.0 Å². The zero-order valence-electron chi connectivity index (χ0n) is 15.8. The minimum Gasteiger partial charge on any atom is -0.497 e. The van der Waals surface area contributed by atoms with Crippen molar-refractivity contribution in [2.45, 2.75) is 10.9 Å². The van der Waals surface area contributed by atoms with Crippen LogP contribution in [0.1, 0.15) is 5.56 Å². The Labute approximate surface area is 187 Å². The van der Waals surface area contributed by atoms with E-state index in [1.54, 1.807) is 31.4 Å². The Kier molecular flexibility index (Phi) is 6.27. The van der Waals surface area contributed by atoms with Crippen LogP contribution in [-0.2, 0) is 5.75 Å². The highest BCUT2D eigenvalue weighted by Crippen LogP contribution is 2.33. The zero-order chi connectivity index (χ0) is 21.1. The summed E-state index contributed by atoms with van der Waals surface area (Å²) in [5.74, 6) is 1.54. The number of methoxy groups -OCH3 is 1. The van der Waals surface area contributed by atoms with E-state index in [2.05, 4.69) is 10.2 Å². The molecule has 8 heteroatoms. The van der Waals surface area contributed by atoms with Crippen molar-refractivity contribution < 1.29 is 9.13 Å². The fourth-order valence-corrected chi connectivity index (χ4v) is 4.14. The molecule has 1 heterocycles. The van der Waals surface area contributed by atoms with Gasteiger partial charge in [0.05, 0.1) is 22.8 Å². The van der Waals surface area contributed by atoms with Gasteiger partial charge >= 0.3 is 0 Å². The van der Waals surface area contributed by atoms with Crippen LogP contribution in [-0.4, -0.2) is 21.9 Å². The predicted octanol–water partition coefficient (Wildman–Crippen LogP) is 6.68. The molecule has 0 N–H and O–H groups in total. The first-order valence-electron chi connectivity index (χ1n) is 8.98. The number of aromatic nitrogens is 3. The Bertz CT molecular complexity index is 1180. The zero-order valence-corrected chi connectivity index (χ0v) is 18.2. The highest BCUT2D eigenvalue weighted by atomic mass is 35.5. The normalized spacial score (nSPS) is 10.9. The SMILES string of the molecule is COc1ccc(-c2nnc(SCc3ccccc3F)n2-c2ccc(Cl)c(Cl)c2)cc1. The Morgan fingerprint density at radius 1 is 0.967 bits per heavy atom. The van der Waals surface area contributed by atoms with Crippen LogP contribution in [0.3, 0.4) is 0 Å². The molecule has 4 nitrogen and oxygen atoms in total. The first-order chi connectivity index (χ1) is 14.6. The van der Waals surface area contributed by atoms with Crippen molar-refractivity contribution in [2.24, 2.45) is 0 Å². The molecule has 0 spiro atoms. The Morgan fingerprint density at radius 2 is 1.73 bits per heavy atom. The van der Waals surface area contributed by atoms with Gasteiger partial charge in [-0.2, -0.15) is 0 Å². The van der Waals surface area contributed by atoms with Gasteiger partial charge in [-0.25, -0.2) is 4.39 Å². The average Bonchev–Trinajstić information content (AvgIpc) is 3.19. The van der Waals surface area contributed by atoms with Crippen LogP contribution in [0.15, 0.2) is 71.9 Å². The van der Waals surface area contributed by atoms with Gasteiger partial charge in [-0.15, -0.1) is 10.2 Å². The summed E-state index contributed by atoms with van der Waals surface area (Å²) in [7, 11) is 1.62. The van der Waals surface area contributed by atoms with E-state index in [1.165, 1.54) is 17.8 Å². The number of hydrogen-bond donors (Lipinski definition) is 0. The summed E-state index contributed by atoms with van der Waals surface area (Å²) in [6.07, 6.45) is 0. The highest BCUT2D eigenvalue weighted by Gasteiger charge is 2.18. The van der Waals surface area contributed by atoms with Crippen molar-refractivity contribution in [1.29, 1.82) is 0 Å². The maximum absolute atomic E-state index is 14.1. The Balaban J connectivity index is 1.76. The molecule has 152 valence electrons. The van der Waals surface area contributed by atoms with E-state index < -0.39 is 0 Å². The predicted molar refractivity (Wildman–Crippen MR) is 119 cm³/mol. The lowest BCUT2D eigenvalue weighted by Crippen LogP contribution is -2.00. The van der Waals surface area contributed by atoms with Crippen LogP contribution in [0, 0.1) is 5.82 Å². The first-order valence-corrected chi connectivity index (χ1v) is 10.7. The summed E-state index contributed by atoms with van der Waals surface area (Å²) in [6, 6.07) is 19.5. The molecule has 0 unspecified atom stereocenters. The Morgan fingerprint density at radius 3 is 2.43 bits per heavy atom. The molecule has 0 radical (unpaired) electrons. The van der Waals surface area contributed by atoms with Crippen LogP contribution in [0.2, 0.25) is 10.0 Å². The third kappa shape index (κ3) is 4.31. The standard InChI is InChI=1S/C22H16Cl2FN3OS/c1-29-17-9-6-14(7-10-17)21-26-27-22(30-13-15-4-2-3-5-20(15)25)28(21)16-8-11-18(23)19(24)12-16/h2-12H,13H2,1H3. The summed E-state index contributed by atoms with van der Waals surface area (Å²) in [5.41, 5.74) is 2.21. The maximum Gasteiger partial charge on any atom is 0.196 e. The van der Waals surface area contributed by atoms with E-state index in [0.29, 0.717) is 32.3 Å². The van der Waals surface area contributed by atoms with Crippen molar-refractivity contribution in [3.05, 3.63) is 88.2 Å². The number of ether oxygens (including phenoxy) is 1. The second kappa shape index (κ2) is 9.08. The largest absolute Gasteiger partial charge is 0.497 e. The number of thioether (sulfide) groups is 1. The topological polar surface area (TPSA) is 39.9 Å². The molecular weight excluding hydrogens is 444 g/mol. The van der Waals surface area contributed by atoms with E-state index in [1.807, 2.05) is 41.0 Å². The second-order valence-corrected chi connectivity index (χ2v) is 8.11. The van der Waals surface area contributed by atoms with Gasteiger partial charge in [0.15, 0.2) is 11.0 Å². The van der Waals surface area contributed by atoms with Crippen molar-refractivity contribution in [3.8, 4) is 22.8 Å². The second-order valence-electron chi connectivity index (χ2n) is 6.35. The summed E-state index contributed by atoms with van der Waals surface area (Å²) in [4.78, 5) is 0. The molecule has 0 fully saturated rings. The van der Waals surface area contributed by atoms with Crippen LogP contribution in [0.5, 0.6) is 5.75 Å². The molecule has 0 bridgehead atoms. The fourth-order valence-electron chi connectivity index (χ4n) is 2.91. The summed E-state index contributed by atoms with van der Waals surface area (Å²) in [5, 5.41) is 10.2. The van der Waals surface area contributed by atoms with Crippen LogP contribution in [0.25, 0.3) is 17.1 Å². The molecule has 0 atom stereocenters. The summed E-state index contributed by atoms with van der Waals surface area (Å²) >= 11 is 13.7. The lowest BCUT2D eigenvalue weighted by Gasteiger charge is -2.12. The molecule has 0 saturated heterocycles. The number of hydrogen-bond acceptors (Lipinski definition) is 4. The van der Waals surface area contributed by atoms with E-state index in [-0.39, 0.29) is 5.82 Å². The monoisotopic (exact) mass is 459 g/mol.